The van der Waals surface area contributed by atoms with Gasteiger partial charge in [-0.2, -0.15) is 0 Å². The Morgan fingerprint density at radius 2 is 2.08 bits per heavy atom. The molecule has 0 spiro atoms. The molecule has 1 unspecified atom stereocenters. The van der Waals surface area contributed by atoms with Crippen molar-refractivity contribution < 1.29 is 0 Å². The van der Waals surface area contributed by atoms with Crippen molar-refractivity contribution in [3.8, 4) is 0 Å². The molecule has 1 aliphatic heterocycles. The highest BCUT2D eigenvalue weighted by atomic mass is 32.1. The van der Waals surface area contributed by atoms with Gasteiger partial charge in [-0.25, -0.2) is 0 Å². The van der Waals surface area contributed by atoms with Gasteiger partial charge in [-0.1, -0.05) is 0 Å². The Hall–Kier alpha value is -0.350. The highest BCUT2D eigenvalue weighted by Gasteiger charge is 2.14. The van der Waals surface area contributed by atoms with Gasteiger partial charge in [0, 0.05) is 19.6 Å². The number of hydrogen-bond donors (Lipinski definition) is 2. The second kappa shape index (κ2) is 5.40. The molecule has 0 aromatic carbocycles. The zero-order valence-electron chi connectivity index (χ0n) is 8.47. The van der Waals surface area contributed by atoms with E-state index in [1.54, 1.807) is 0 Å². The molecule has 1 fully saturated rings. The predicted octanol–water partition coefficient (Wildman–Crippen LogP) is 0.565. The molecule has 0 amide bonds. The number of nitrogens with zero attached hydrogens (tertiary/aromatic N) is 1. The van der Waals surface area contributed by atoms with E-state index in [0.29, 0.717) is 6.04 Å². The van der Waals surface area contributed by atoms with Crippen LogP contribution < -0.4 is 10.6 Å². The molecule has 0 saturated carbocycles. The summed E-state index contributed by atoms with van der Waals surface area (Å²) in [7, 11) is 1.85. The molecule has 0 aliphatic carbocycles. The maximum Gasteiger partial charge on any atom is 0.166 e. The predicted molar refractivity (Wildman–Crippen MR) is 59.9 cm³/mol. The van der Waals surface area contributed by atoms with Crippen LogP contribution in [0.5, 0.6) is 0 Å². The van der Waals surface area contributed by atoms with Crippen LogP contribution >= 0.6 is 12.2 Å². The van der Waals surface area contributed by atoms with Crippen LogP contribution in [0.2, 0.25) is 0 Å². The largest absolute Gasteiger partial charge is 0.366 e. The third-order valence-corrected chi connectivity index (χ3v) is 2.66. The number of thiocarbonyl (C=S) groups is 1. The first-order valence-corrected chi connectivity index (χ1v) is 5.34. The van der Waals surface area contributed by atoms with Gasteiger partial charge in [0.1, 0.15) is 0 Å². The molecule has 1 rings (SSSR count). The summed E-state index contributed by atoms with van der Waals surface area (Å²) in [4.78, 5) is 2.48. The molecule has 0 aromatic heterocycles. The van der Waals surface area contributed by atoms with Crippen molar-refractivity contribution in [2.45, 2.75) is 25.8 Å². The summed E-state index contributed by atoms with van der Waals surface area (Å²) in [6, 6.07) is 0.443. The van der Waals surface area contributed by atoms with Gasteiger partial charge < -0.3 is 15.5 Å². The summed E-state index contributed by atoms with van der Waals surface area (Å²) in [5.41, 5.74) is 0. The van der Waals surface area contributed by atoms with E-state index in [1.807, 2.05) is 7.05 Å². The monoisotopic (exact) mass is 201 g/mol. The van der Waals surface area contributed by atoms with Gasteiger partial charge in [0.05, 0.1) is 0 Å². The number of hydrogen-bond acceptors (Lipinski definition) is 2. The normalized spacial score (nSPS) is 19.8. The van der Waals surface area contributed by atoms with Gasteiger partial charge in [0.25, 0.3) is 0 Å². The van der Waals surface area contributed by atoms with Crippen molar-refractivity contribution in [1.82, 2.24) is 15.5 Å². The van der Waals surface area contributed by atoms with Crippen LogP contribution in [0.15, 0.2) is 0 Å². The van der Waals surface area contributed by atoms with E-state index in [1.165, 1.54) is 25.9 Å². The number of nitrogens with one attached hydrogen (secondary N) is 2. The topological polar surface area (TPSA) is 27.3 Å². The zero-order valence-corrected chi connectivity index (χ0v) is 9.28. The molecule has 1 aliphatic rings. The van der Waals surface area contributed by atoms with Crippen LogP contribution in [-0.4, -0.2) is 42.7 Å². The van der Waals surface area contributed by atoms with Crippen LogP contribution in [0, 0.1) is 0 Å². The molecule has 0 bridgehead atoms. The minimum absolute atomic E-state index is 0.443. The fraction of sp³-hybridized carbons (Fsp3) is 0.889. The van der Waals surface area contributed by atoms with E-state index in [-0.39, 0.29) is 0 Å². The summed E-state index contributed by atoms with van der Waals surface area (Å²) < 4.78 is 0. The lowest BCUT2D eigenvalue weighted by Crippen LogP contribution is -2.44. The second-order valence-corrected chi connectivity index (χ2v) is 4.04. The first-order valence-electron chi connectivity index (χ1n) is 4.93. The highest BCUT2D eigenvalue weighted by Crippen LogP contribution is 2.07. The summed E-state index contributed by atoms with van der Waals surface area (Å²) in [6.07, 6.45) is 2.70. The summed E-state index contributed by atoms with van der Waals surface area (Å²) in [5.74, 6) is 0. The number of rotatable bonds is 3. The molecular weight excluding hydrogens is 182 g/mol. The lowest BCUT2D eigenvalue weighted by Gasteiger charge is -2.21. The molecule has 76 valence electrons. The highest BCUT2D eigenvalue weighted by molar-refractivity contribution is 7.80. The zero-order chi connectivity index (χ0) is 9.68. The molecule has 1 saturated heterocycles. The smallest absolute Gasteiger partial charge is 0.166 e. The fourth-order valence-corrected chi connectivity index (χ4v) is 1.90. The van der Waals surface area contributed by atoms with Crippen molar-refractivity contribution in [3.05, 3.63) is 0 Å². The molecule has 2 N–H and O–H groups in total. The van der Waals surface area contributed by atoms with Crippen molar-refractivity contribution in [2.24, 2.45) is 0 Å². The average Bonchev–Trinajstić information content (AvgIpc) is 2.56. The van der Waals surface area contributed by atoms with E-state index in [2.05, 4.69) is 22.5 Å². The van der Waals surface area contributed by atoms with E-state index in [0.717, 1.165) is 11.7 Å². The fourth-order valence-electron chi connectivity index (χ4n) is 1.69. The van der Waals surface area contributed by atoms with E-state index in [9.17, 15) is 0 Å². The molecular formula is C9H19N3S. The minimum atomic E-state index is 0.443. The van der Waals surface area contributed by atoms with Crippen molar-refractivity contribution >= 4 is 17.3 Å². The molecule has 0 radical (unpaired) electrons. The van der Waals surface area contributed by atoms with Crippen molar-refractivity contribution in [1.29, 1.82) is 0 Å². The lowest BCUT2D eigenvalue weighted by atomic mass is 10.3. The van der Waals surface area contributed by atoms with Crippen LogP contribution in [0.4, 0.5) is 0 Å². The van der Waals surface area contributed by atoms with Gasteiger partial charge >= 0.3 is 0 Å². The van der Waals surface area contributed by atoms with Crippen molar-refractivity contribution in [3.63, 3.8) is 0 Å². The number of likely N-dealkylation sites (tertiary alicyclic amines) is 1. The Morgan fingerprint density at radius 1 is 1.46 bits per heavy atom. The molecule has 1 heterocycles. The Balaban J connectivity index is 2.16. The van der Waals surface area contributed by atoms with Gasteiger partial charge in [-0.15, -0.1) is 0 Å². The van der Waals surface area contributed by atoms with Gasteiger partial charge in [-0.05, 0) is 45.1 Å². The van der Waals surface area contributed by atoms with Gasteiger partial charge in [0.2, 0.25) is 0 Å². The first-order chi connectivity index (χ1) is 6.22. The van der Waals surface area contributed by atoms with Crippen LogP contribution in [0.25, 0.3) is 0 Å². The van der Waals surface area contributed by atoms with E-state index < -0.39 is 0 Å². The second-order valence-electron chi connectivity index (χ2n) is 3.63. The summed E-state index contributed by atoms with van der Waals surface area (Å²) in [5, 5.41) is 6.90. The first kappa shape index (κ1) is 10.7. The van der Waals surface area contributed by atoms with E-state index in [4.69, 9.17) is 12.2 Å². The Kier molecular flexibility index (Phi) is 4.45. The third kappa shape index (κ3) is 3.91. The average molecular weight is 201 g/mol. The Morgan fingerprint density at radius 3 is 2.62 bits per heavy atom. The van der Waals surface area contributed by atoms with Gasteiger partial charge in [0.15, 0.2) is 5.11 Å². The maximum absolute atomic E-state index is 5.03. The minimum Gasteiger partial charge on any atom is -0.366 e. The molecule has 4 heteroatoms. The maximum atomic E-state index is 5.03. The quantitative estimate of drug-likeness (QED) is 0.653. The SMILES string of the molecule is CNC(=S)NC(C)CN1CCCC1. The standard InChI is InChI=1S/C9H19N3S/c1-8(11-9(13)10-2)7-12-5-3-4-6-12/h8H,3-7H2,1-2H3,(H2,10,11,13). The molecule has 1 atom stereocenters. The molecule has 13 heavy (non-hydrogen) atoms. The molecule has 0 aromatic rings. The van der Waals surface area contributed by atoms with Crippen molar-refractivity contribution in [2.75, 3.05) is 26.7 Å². The third-order valence-electron chi connectivity index (χ3n) is 2.34. The lowest BCUT2D eigenvalue weighted by molar-refractivity contribution is 0.312. The van der Waals surface area contributed by atoms with E-state index >= 15 is 0 Å². The summed E-state index contributed by atoms with van der Waals surface area (Å²) in [6.45, 7) is 5.76. The summed E-state index contributed by atoms with van der Waals surface area (Å²) >= 11 is 5.03. The van der Waals surface area contributed by atoms with Crippen LogP contribution in [0.1, 0.15) is 19.8 Å². The van der Waals surface area contributed by atoms with Crippen LogP contribution in [-0.2, 0) is 0 Å². The van der Waals surface area contributed by atoms with Crippen LogP contribution in [0.3, 0.4) is 0 Å². The van der Waals surface area contributed by atoms with Gasteiger partial charge in [-0.3, -0.25) is 0 Å². The Bertz CT molecular complexity index is 166. The molecule has 3 nitrogen and oxygen atoms in total. The Labute approximate surface area is 85.9 Å².